The number of carbonyl (C=O) groups excluding carboxylic acids is 1. The Hall–Kier alpha value is -0.810. The molecular weight excluding hydrogens is 170 g/mol. The first-order chi connectivity index (χ1) is 6.10. The summed E-state index contributed by atoms with van der Waals surface area (Å²) in [5, 5.41) is 5.40. The van der Waals surface area contributed by atoms with E-state index < -0.39 is 0 Å². The minimum Gasteiger partial charge on any atom is -0.383 e. The van der Waals surface area contributed by atoms with E-state index in [1.54, 1.807) is 7.11 Å². The lowest BCUT2D eigenvalue weighted by molar-refractivity contribution is 0.167. The molecule has 0 rings (SSSR count). The highest BCUT2D eigenvalue weighted by molar-refractivity contribution is 5.74. The number of carbonyl (C=O) groups is 1. The highest BCUT2D eigenvalue weighted by atomic mass is 16.5. The van der Waals surface area contributed by atoms with Crippen molar-refractivity contribution in [3.05, 3.63) is 0 Å². The Morgan fingerprint density at radius 3 is 2.46 bits per heavy atom. The van der Waals surface area contributed by atoms with Gasteiger partial charge >= 0.3 is 6.03 Å². The van der Waals surface area contributed by atoms with Crippen LogP contribution in [-0.2, 0) is 4.74 Å². The molecule has 0 aromatic rings. The summed E-state index contributed by atoms with van der Waals surface area (Å²) in [5.41, 5.74) is 5.42. The quantitative estimate of drug-likeness (QED) is 0.554. The molecular formula is C8H19N3O2. The van der Waals surface area contributed by atoms with E-state index in [0.717, 1.165) is 0 Å². The Kier molecular flexibility index (Phi) is 6.26. The summed E-state index contributed by atoms with van der Waals surface area (Å²) in [7, 11) is 1.57. The van der Waals surface area contributed by atoms with Gasteiger partial charge in [0.2, 0.25) is 0 Å². The molecule has 0 aromatic carbocycles. The second-order valence-corrected chi connectivity index (χ2v) is 3.16. The van der Waals surface area contributed by atoms with Gasteiger partial charge in [0.25, 0.3) is 0 Å². The number of nitrogens with two attached hydrogens (primary N) is 1. The molecule has 0 aliphatic carbocycles. The molecule has 13 heavy (non-hydrogen) atoms. The molecule has 2 amide bonds. The van der Waals surface area contributed by atoms with Crippen molar-refractivity contribution in [2.45, 2.75) is 25.9 Å². The molecule has 0 saturated carbocycles. The molecule has 4 N–H and O–H groups in total. The number of amides is 2. The van der Waals surface area contributed by atoms with E-state index >= 15 is 0 Å². The summed E-state index contributed by atoms with van der Waals surface area (Å²) in [6.45, 7) is 4.60. The van der Waals surface area contributed by atoms with Gasteiger partial charge < -0.3 is 21.1 Å². The van der Waals surface area contributed by atoms with Gasteiger partial charge in [-0.05, 0) is 13.8 Å². The zero-order valence-electron chi connectivity index (χ0n) is 8.46. The van der Waals surface area contributed by atoms with Crippen LogP contribution in [0, 0.1) is 0 Å². The maximum atomic E-state index is 11.2. The monoisotopic (exact) mass is 189 g/mol. The predicted octanol–water partition coefficient (Wildman–Crippen LogP) is -0.332. The van der Waals surface area contributed by atoms with Gasteiger partial charge in [0.15, 0.2) is 0 Å². The van der Waals surface area contributed by atoms with E-state index in [1.807, 2.05) is 13.8 Å². The standard InChI is InChI=1S/C8H19N3O2/c1-6(2)10-8(12)11-7(4-9)5-13-3/h6-7H,4-5,9H2,1-3H3,(H2,10,11,12). The van der Waals surface area contributed by atoms with Crippen LogP contribution in [0.15, 0.2) is 0 Å². The fourth-order valence-corrected chi connectivity index (χ4v) is 0.859. The average molecular weight is 189 g/mol. The maximum absolute atomic E-state index is 11.2. The van der Waals surface area contributed by atoms with Crippen LogP contribution in [0.3, 0.4) is 0 Å². The number of rotatable bonds is 5. The summed E-state index contributed by atoms with van der Waals surface area (Å²) in [5.74, 6) is 0. The minimum atomic E-state index is -0.206. The smallest absolute Gasteiger partial charge is 0.315 e. The van der Waals surface area contributed by atoms with Crippen LogP contribution in [0.2, 0.25) is 0 Å². The third kappa shape index (κ3) is 6.36. The van der Waals surface area contributed by atoms with Crippen molar-refractivity contribution in [3.8, 4) is 0 Å². The third-order valence-corrected chi connectivity index (χ3v) is 1.41. The lowest BCUT2D eigenvalue weighted by Crippen LogP contribution is -2.49. The molecule has 0 heterocycles. The minimum absolute atomic E-state index is 0.122. The van der Waals surface area contributed by atoms with Gasteiger partial charge in [-0.1, -0.05) is 0 Å². The van der Waals surface area contributed by atoms with E-state index in [9.17, 15) is 4.79 Å². The van der Waals surface area contributed by atoms with Crippen LogP contribution in [-0.4, -0.2) is 38.4 Å². The Labute approximate surface area is 79.0 Å². The Morgan fingerprint density at radius 2 is 2.08 bits per heavy atom. The summed E-state index contributed by atoms with van der Waals surface area (Å²) in [4.78, 5) is 11.2. The summed E-state index contributed by atoms with van der Waals surface area (Å²) in [6, 6.07) is -0.202. The largest absolute Gasteiger partial charge is 0.383 e. The van der Waals surface area contributed by atoms with Gasteiger partial charge in [-0.3, -0.25) is 0 Å². The SMILES string of the molecule is COCC(CN)NC(=O)NC(C)C. The first-order valence-electron chi connectivity index (χ1n) is 4.36. The van der Waals surface area contributed by atoms with Crippen molar-refractivity contribution in [3.63, 3.8) is 0 Å². The van der Waals surface area contributed by atoms with Gasteiger partial charge in [-0.15, -0.1) is 0 Å². The number of hydrogen-bond donors (Lipinski definition) is 3. The van der Waals surface area contributed by atoms with Crippen molar-refractivity contribution < 1.29 is 9.53 Å². The lowest BCUT2D eigenvalue weighted by Gasteiger charge is -2.17. The van der Waals surface area contributed by atoms with Crippen molar-refractivity contribution in [1.82, 2.24) is 10.6 Å². The van der Waals surface area contributed by atoms with Crippen molar-refractivity contribution in [1.29, 1.82) is 0 Å². The first kappa shape index (κ1) is 12.2. The number of hydrogen-bond acceptors (Lipinski definition) is 3. The highest BCUT2D eigenvalue weighted by Crippen LogP contribution is 1.83. The van der Waals surface area contributed by atoms with E-state index in [-0.39, 0.29) is 18.1 Å². The molecule has 0 fully saturated rings. The Bertz CT molecular complexity index is 150. The fraction of sp³-hybridized carbons (Fsp3) is 0.875. The van der Waals surface area contributed by atoms with Crippen LogP contribution < -0.4 is 16.4 Å². The number of nitrogens with one attached hydrogen (secondary N) is 2. The molecule has 0 spiro atoms. The number of ether oxygens (including phenoxy) is 1. The van der Waals surface area contributed by atoms with E-state index in [4.69, 9.17) is 10.5 Å². The van der Waals surface area contributed by atoms with Crippen LogP contribution in [0.25, 0.3) is 0 Å². The Balaban J connectivity index is 3.73. The van der Waals surface area contributed by atoms with Gasteiger partial charge in [0.1, 0.15) is 0 Å². The van der Waals surface area contributed by atoms with Crippen LogP contribution in [0.5, 0.6) is 0 Å². The second-order valence-electron chi connectivity index (χ2n) is 3.16. The zero-order valence-corrected chi connectivity index (χ0v) is 8.46. The number of urea groups is 1. The molecule has 1 unspecified atom stereocenters. The topological polar surface area (TPSA) is 76.4 Å². The summed E-state index contributed by atoms with van der Waals surface area (Å²) < 4.78 is 4.88. The molecule has 5 nitrogen and oxygen atoms in total. The molecule has 1 atom stereocenters. The van der Waals surface area contributed by atoms with Gasteiger partial charge in [-0.25, -0.2) is 4.79 Å². The predicted molar refractivity (Wildman–Crippen MR) is 51.5 cm³/mol. The van der Waals surface area contributed by atoms with E-state index in [2.05, 4.69) is 10.6 Å². The lowest BCUT2D eigenvalue weighted by atomic mass is 10.3. The van der Waals surface area contributed by atoms with Gasteiger partial charge in [0.05, 0.1) is 12.6 Å². The van der Waals surface area contributed by atoms with Crippen LogP contribution in [0.4, 0.5) is 4.79 Å². The zero-order chi connectivity index (χ0) is 10.3. The van der Waals surface area contributed by atoms with Crippen LogP contribution in [0.1, 0.15) is 13.8 Å². The van der Waals surface area contributed by atoms with Crippen LogP contribution >= 0.6 is 0 Å². The summed E-state index contributed by atoms with van der Waals surface area (Å²) >= 11 is 0. The number of methoxy groups -OCH3 is 1. The molecule has 0 aliphatic heterocycles. The van der Waals surface area contributed by atoms with Crippen molar-refractivity contribution in [2.75, 3.05) is 20.3 Å². The molecule has 0 saturated heterocycles. The van der Waals surface area contributed by atoms with E-state index in [0.29, 0.717) is 13.2 Å². The third-order valence-electron chi connectivity index (χ3n) is 1.41. The summed E-state index contributed by atoms with van der Waals surface area (Å²) in [6.07, 6.45) is 0. The normalized spacial score (nSPS) is 12.7. The second kappa shape index (κ2) is 6.68. The van der Waals surface area contributed by atoms with Crippen molar-refractivity contribution in [2.24, 2.45) is 5.73 Å². The Morgan fingerprint density at radius 1 is 1.46 bits per heavy atom. The van der Waals surface area contributed by atoms with Crippen molar-refractivity contribution >= 4 is 6.03 Å². The maximum Gasteiger partial charge on any atom is 0.315 e. The highest BCUT2D eigenvalue weighted by Gasteiger charge is 2.09. The molecule has 0 aromatic heterocycles. The van der Waals surface area contributed by atoms with Gasteiger partial charge in [-0.2, -0.15) is 0 Å². The van der Waals surface area contributed by atoms with Gasteiger partial charge in [0, 0.05) is 19.7 Å². The fourth-order valence-electron chi connectivity index (χ4n) is 0.859. The first-order valence-corrected chi connectivity index (χ1v) is 4.36. The molecule has 78 valence electrons. The molecule has 0 bridgehead atoms. The average Bonchev–Trinajstić information content (AvgIpc) is 2.02. The molecule has 0 radical (unpaired) electrons. The molecule has 5 heteroatoms. The van der Waals surface area contributed by atoms with E-state index in [1.165, 1.54) is 0 Å². The molecule has 0 aliphatic rings.